The van der Waals surface area contributed by atoms with Crippen molar-refractivity contribution in [1.29, 1.82) is 0 Å². The van der Waals surface area contributed by atoms with Crippen LogP contribution in [0.5, 0.6) is 5.75 Å². The number of phenols is 1. The summed E-state index contributed by atoms with van der Waals surface area (Å²) < 4.78 is 0. The lowest BCUT2D eigenvalue weighted by Crippen LogP contribution is -2.58. The average Bonchev–Trinajstić information content (AvgIpc) is 3.81. The van der Waals surface area contributed by atoms with Gasteiger partial charge in [-0.3, -0.25) is 19.2 Å². The molecule has 1 aromatic heterocycles. The Morgan fingerprint density at radius 2 is 1.55 bits per heavy atom. The number of aryl methyl sites for hydroxylation is 2. The van der Waals surface area contributed by atoms with Gasteiger partial charge in [0.05, 0.1) is 6.04 Å². The zero-order chi connectivity index (χ0) is 37.9. The molecule has 1 fully saturated rings. The first kappa shape index (κ1) is 38.5. The highest BCUT2D eigenvalue weighted by molar-refractivity contribution is 5.96. The van der Waals surface area contributed by atoms with Gasteiger partial charge in [0.2, 0.25) is 23.6 Å². The molecule has 4 amide bonds. The maximum Gasteiger partial charge on any atom is 0.243 e. The van der Waals surface area contributed by atoms with Crippen molar-refractivity contribution in [1.82, 2.24) is 31.2 Å². The Bertz CT molecular complexity index is 1920. The molecule has 1 saturated heterocycles. The number of hydrogen-bond donors (Lipinski definition) is 6. The van der Waals surface area contributed by atoms with E-state index in [1.54, 1.807) is 29.2 Å². The van der Waals surface area contributed by atoms with Crippen molar-refractivity contribution in [3.63, 3.8) is 0 Å². The number of para-hydroxylation sites is 1. The molecular formula is C42H50N6O5. The maximum absolute atomic E-state index is 14.2. The van der Waals surface area contributed by atoms with E-state index < -0.39 is 36.0 Å². The lowest BCUT2D eigenvalue weighted by Gasteiger charge is -2.30. The molecule has 2 heterocycles. The number of fused-ring (bicyclic) bond motifs is 1. The quantitative estimate of drug-likeness (QED) is 0.0910. The molecule has 0 radical (unpaired) electrons. The van der Waals surface area contributed by atoms with Crippen molar-refractivity contribution >= 4 is 34.5 Å². The molecule has 5 rings (SSSR count). The summed E-state index contributed by atoms with van der Waals surface area (Å²) in [6, 6.07) is 17.0. The van der Waals surface area contributed by atoms with Crippen molar-refractivity contribution in [2.45, 2.75) is 70.1 Å². The molecule has 3 aromatic carbocycles. The second kappa shape index (κ2) is 18.2. The second-order valence-electron chi connectivity index (χ2n) is 13.6. The zero-order valence-corrected chi connectivity index (χ0v) is 30.5. The number of aromatic nitrogens is 1. The molecule has 278 valence electrons. The molecular weight excluding hydrogens is 668 g/mol. The number of amides is 4. The fraction of sp³-hybridized carbons (Fsp3) is 0.333. The van der Waals surface area contributed by atoms with Gasteiger partial charge in [0, 0.05) is 49.6 Å². The van der Waals surface area contributed by atoms with Crippen LogP contribution in [-0.2, 0) is 38.4 Å². The van der Waals surface area contributed by atoms with Gasteiger partial charge in [0.1, 0.15) is 23.9 Å². The number of H-pyrrole nitrogens is 1. The van der Waals surface area contributed by atoms with Gasteiger partial charge < -0.3 is 36.3 Å². The number of rotatable bonds is 17. The highest BCUT2D eigenvalue weighted by atomic mass is 16.3. The highest BCUT2D eigenvalue weighted by Crippen LogP contribution is 2.25. The minimum absolute atomic E-state index is 0.150. The highest BCUT2D eigenvalue weighted by Gasteiger charge is 2.39. The largest absolute Gasteiger partial charge is 0.508 e. The van der Waals surface area contributed by atoms with E-state index in [1.165, 1.54) is 0 Å². The van der Waals surface area contributed by atoms with Crippen LogP contribution >= 0.6 is 0 Å². The topological polar surface area (TPSA) is 156 Å². The van der Waals surface area contributed by atoms with Gasteiger partial charge in [-0.15, -0.1) is 13.2 Å². The van der Waals surface area contributed by atoms with Crippen LogP contribution in [0, 0.1) is 13.8 Å². The third-order valence-electron chi connectivity index (χ3n) is 9.80. The Morgan fingerprint density at radius 1 is 0.868 bits per heavy atom. The Hall–Kier alpha value is -5.68. The Kier molecular flexibility index (Phi) is 13.2. The minimum Gasteiger partial charge on any atom is -0.508 e. The lowest BCUT2D eigenvalue weighted by atomic mass is 9.95. The third kappa shape index (κ3) is 9.81. The molecule has 0 spiro atoms. The number of carbonyl (C=O) groups excluding carboxylic acids is 4. The number of carbonyl (C=O) groups is 4. The van der Waals surface area contributed by atoms with Crippen molar-refractivity contribution in [3.8, 4) is 5.75 Å². The number of nitrogens with zero attached hydrogens (tertiary/aromatic N) is 1. The van der Waals surface area contributed by atoms with Gasteiger partial charge in [0.25, 0.3) is 0 Å². The van der Waals surface area contributed by atoms with Gasteiger partial charge >= 0.3 is 0 Å². The summed E-state index contributed by atoms with van der Waals surface area (Å²) >= 11 is 0. The average molecular weight is 719 g/mol. The molecule has 0 bridgehead atoms. The van der Waals surface area contributed by atoms with Crippen LogP contribution in [0.25, 0.3) is 10.9 Å². The zero-order valence-electron chi connectivity index (χ0n) is 30.5. The Balaban J connectivity index is 1.39. The van der Waals surface area contributed by atoms with Gasteiger partial charge in [-0.1, -0.05) is 60.7 Å². The number of phenolic OH excluding ortho intramolecular Hbond substituents is 1. The van der Waals surface area contributed by atoms with Gasteiger partial charge in [-0.05, 0) is 79.1 Å². The van der Waals surface area contributed by atoms with Crippen LogP contribution in [-0.4, -0.2) is 82.4 Å². The van der Waals surface area contributed by atoms with E-state index in [0.29, 0.717) is 32.4 Å². The van der Waals surface area contributed by atoms with E-state index in [4.69, 9.17) is 0 Å². The number of aromatic amines is 1. The Labute approximate surface area is 310 Å². The third-order valence-corrected chi connectivity index (χ3v) is 9.80. The second-order valence-corrected chi connectivity index (χ2v) is 13.6. The fourth-order valence-corrected chi connectivity index (χ4v) is 7.10. The summed E-state index contributed by atoms with van der Waals surface area (Å²) in [5.41, 5.74) is 5.25. The molecule has 0 aliphatic carbocycles. The summed E-state index contributed by atoms with van der Waals surface area (Å²) in [6.07, 6.45) is 6.88. The van der Waals surface area contributed by atoms with Crippen LogP contribution < -0.4 is 21.3 Å². The van der Waals surface area contributed by atoms with E-state index >= 15 is 0 Å². The molecule has 0 unspecified atom stereocenters. The van der Waals surface area contributed by atoms with Crippen molar-refractivity contribution in [3.05, 3.63) is 126 Å². The fourth-order valence-electron chi connectivity index (χ4n) is 7.10. The molecule has 1 aliphatic heterocycles. The van der Waals surface area contributed by atoms with Gasteiger partial charge in [-0.2, -0.15) is 0 Å². The summed E-state index contributed by atoms with van der Waals surface area (Å²) in [5.74, 6) is -1.39. The van der Waals surface area contributed by atoms with E-state index in [9.17, 15) is 24.3 Å². The molecule has 11 heteroatoms. The number of benzene rings is 3. The first-order chi connectivity index (χ1) is 25.6. The normalized spacial score (nSPS) is 15.7. The maximum atomic E-state index is 14.2. The first-order valence-corrected chi connectivity index (χ1v) is 18.1. The lowest BCUT2D eigenvalue weighted by molar-refractivity contribution is -0.141. The Morgan fingerprint density at radius 3 is 2.26 bits per heavy atom. The summed E-state index contributed by atoms with van der Waals surface area (Å²) in [4.78, 5) is 60.8. The van der Waals surface area contributed by atoms with Crippen LogP contribution in [0.3, 0.4) is 0 Å². The van der Waals surface area contributed by atoms with Gasteiger partial charge in [-0.25, -0.2) is 0 Å². The predicted octanol–water partition coefficient (Wildman–Crippen LogP) is 3.93. The smallest absolute Gasteiger partial charge is 0.243 e. The SMILES string of the molecule is C=CCNC(=O)[C@H](Cc1ccccc1)NC(=O)[C@H](Cc1c[nH]c2ccccc12)NC(=O)[C@@H]1CCCN1C(=O)[C@H](Cc1c(C)cc(O)cc1C)NCC=C. The molecule has 0 saturated carbocycles. The standard InChI is InChI=1S/C42H50N6O5/c1-5-18-43-37(25-33-27(3)21-31(49)22-28(33)4)42(53)48-20-12-17-38(48)41(52)47-36(24-30-26-45-34-16-11-10-15-32(30)34)40(51)46-35(39(50)44-19-6-2)23-29-13-8-7-9-14-29/h5-11,13-16,21-22,26,35-38,43,45,49H,1-2,12,17-20,23-25H2,3-4H3,(H,44,50)(H,46,51)(H,47,52)/t35-,36-,37-,38-/m0/s1. The monoisotopic (exact) mass is 718 g/mol. The van der Waals surface area contributed by atoms with Crippen molar-refractivity contribution in [2.75, 3.05) is 19.6 Å². The molecule has 53 heavy (non-hydrogen) atoms. The van der Waals surface area contributed by atoms with Crippen LogP contribution in [0.15, 0.2) is 98.2 Å². The first-order valence-electron chi connectivity index (χ1n) is 18.1. The predicted molar refractivity (Wildman–Crippen MR) is 207 cm³/mol. The molecule has 6 N–H and O–H groups in total. The summed E-state index contributed by atoms with van der Waals surface area (Å²) in [6.45, 7) is 12.3. The molecule has 11 nitrogen and oxygen atoms in total. The number of aromatic hydroxyl groups is 1. The number of likely N-dealkylation sites (tertiary alicyclic amines) is 1. The number of hydrogen-bond acceptors (Lipinski definition) is 6. The van der Waals surface area contributed by atoms with Crippen molar-refractivity contribution in [2.24, 2.45) is 0 Å². The van der Waals surface area contributed by atoms with E-state index in [0.717, 1.165) is 38.7 Å². The van der Waals surface area contributed by atoms with Crippen LogP contribution in [0.2, 0.25) is 0 Å². The van der Waals surface area contributed by atoms with Crippen LogP contribution in [0.1, 0.15) is 40.7 Å². The van der Waals surface area contributed by atoms with E-state index in [2.05, 4.69) is 39.4 Å². The molecule has 1 aliphatic rings. The summed E-state index contributed by atoms with van der Waals surface area (Å²) in [5, 5.41) is 23.0. The summed E-state index contributed by atoms with van der Waals surface area (Å²) in [7, 11) is 0. The number of nitrogens with one attached hydrogen (secondary N) is 5. The molecule has 4 atom stereocenters. The minimum atomic E-state index is -1.05. The molecule has 4 aromatic rings. The van der Waals surface area contributed by atoms with Crippen molar-refractivity contribution < 1.29 is 24.3 Å². The van der Waals surface area contributed by atoms with E-state index in [-0.39, 0.29) is 37.0 Å². The van der Waals surface area contributed by atoms with Gasteiger partial charge in [0.15, 0.2) is 0 Å². The van der Waals surface area contributed by atoms with E-state index in [1.807, 2.05) is 74.6 Å². The van der Waals surface area contributed by atoms with Crippen LogP contribution in [0.4, 0.5) is 0 Å².